The third-order valence-electron chi connectivity index (χ3n) is 3.21. The molecule has 5 heteroatoms. The van der Waals surface area contributed by atoms with Crippen LogP contribution in [-0.2, 0) is 6.42 Å². The molecule has 2 N–H and O–H groups in total. The van der Waals surface area contributed by atoms with Gasteiger partial charge in [0, 0.05) is 17.6 Å². The van der Waals surface area contributed by atoms with Crippen LogP contribution in [0.25, 0.3) is 0 Å². The van der Waals surface area contributed by atoms with Crippen LogP contribution in [0, 0.1) is 0 Å². The summed E-state index contributed by atoms with van der Waals surface area (Å²) >= 11 is 3.44. The average molecular weight is 377 g/mol. The standard InChI is InChI=1S/C18H21BrN2O2/c19-16-7-4-6-15(14-16)10-12-21-18(22)20-11-5-13-23-17-8-2-1-3-9-17/h1-4,6-9,14H,5,10-13H2,(H2,20,21,22). The Kier molecular flexibility index (Phi) is 7.46. The number of para-hydroxylation sites is 1. The Balaban J connectivity index is 1.52. The SMILES string of the molecule is O=C(NCCCOc1ccccc1)NCCc1cccc(Br)c1. The lowest BCUT2D eigenvalue weighted by Gasteiger charge is -2.09. The van der Waals surface area contributed by atoms with Gasteiger partial charge in [0.05, 0.1) is 6.61 Å². The van der Waals surface area contributed by atoms with Crippen LogP contribution in [0.1, 0.15) is 12.0 Å². The maximum Gasteiger partial charge on any atom is 0.314 e. The number of ether oxygens (including phenoxy) is 1. The van der Waals surface area contributed by atoms with Crippen molar-refractivity contribution in [3.63, 3.8) is 0 Å². The quantitative estimate of drug-likeness (QED) is 0.689. The molecule has 0 radical (unpaired) electrons. The molecule has 2 rings (SSSR count). The van der Waals surface area contributed by atoms with E-state index in [4.69, 9.17) is 4.74 Å². The summed E-state index contributed by atoms with van der Waals surface area (Å²) in [4.78, 5) is 11.7. The highest BCUT2D eigenvalue weighted by molar-refractivity contribution is 9.10. The van der Waals surface area contributed by atoms with Crippen molar-refractivity contribution in [3.8, 4) is 5.75 Å². The zero-order chi connectivity index (χ0) is 16.3. The van der Waals surface area contributed by atoms with E-state index in [9.17, 15) is 4.79 Å². The van der Waals surface area contributed by atoms with Gasteiger partial charge < -0.3 is 15.4 Å². The number of amides is 2. The van der Waals surface area contributed by atoms with Crippen LogP contribution in [0.2, 0.25) is 0 Å². The van der Waals surface area contributed by atoms with Crippen LogP contribution in [0.5, 0.6) is 5.75 Å². The molecule has 4 nitrogen and oxygen atoms in total. The van der Waals surface area contributed by atoms with Gasteiger partial charge in [0.2, 0.25) is 0 Å². The Hall–Kier alpha value is -2.01. The minimum atomic E-state index is -0.139. The lowest BCUT2D eigenvalue weighted by Crippen LogP contribution is -2.37. The number of benzene rings is 2. The Morgan fingerprint density at radius 3 is 2.57 bits per heavy atom. The number of nitrogens with one attached hydrogen (secondary N) is 2. The molecule has 0 unspecified atom stereocenters. The molecule has 2 amide bonds. The molecule has 122 valence electrons. The van der Waals surface area contributed by atoms with Gasteiger partial charge in [-0.05, 0) is 42.7 Å². The van der Waals surface area contributed by atoms with Crippen LogP contribution in [0.15, 0.2) is 59.1 Å². The highest BCUT2D eigenvalue weighted by Crippen LogP contribution is 2.11. The molecule has 0 atom stereocenters. The van der Waals surface area contributed by atoms with Gasteiger partial charge in [-0.2, -0.15) is 0 Å². The first-order valence-corrected chi connectivity index (χ1v) is 8.47. The number of carbonyl (C=O) groups excluding carboxylic acids is 1. The lowest BCUT2D eigenvalue weighted by molar-refractivity contribution is 0.239. The maximum absolute atomic E-state index is 11.7. The largest absolute Gasteiger partial charge is 0.494 e. The van der Waals surface area contributed by atoms with Crippen LogP contribution in [0.3, 0.4) is 0 Å². The van der Waals surface area contributed by atoms with E-state index >= 15 is 0 Å². The average Bonchev–Trinajstić information content (AvgIpc) is 2.55. The van der Waals surface area contributed by atoms with Crippen molar-refractivity contribution in [2.75, 3.05) is 19.7 Å². The van der Waals surface area contributed by atoms with Gasteiger partial charge in [0.25, 0.3) is 0 Å². The molecule has 0 fully saturated rings. The van der Waals surface area contributed by atoms with Gasteiger partial charge in [-0.1, -0.05) is 46.3 Å². The van der Waals surface area contributed by atoms with Crippen molar-refractivity contribution in [3.05, 3.63) is 64.6 Å². The normalized spacial score (nSPS) is 10.1. The molecule has 0 aliphatic carbocycles. The van der Waals surface area contributed by atoms with Crippen molar-refractivity contribution in [2.24, 2.45) is 0 Å². The van der Waals surface area contributed by atoms with Gasteiger partial charge in [-0.15, -0.1) is 0 Å². The molecule has 0 aliphatic heterocycles. The molecular formula is C18H21BrN2O2. The minimum Gasteiger partial charge on any atom is -0.494 e. The zero-order valence-electron chi connectivity index (χ0n) is 12.9. The predicted molar refractivity (Wildman–Crippen MR) is 95.8 cm³/mol. The lowest BCUT2D eigenvalue weighted by atomic mass is 10.1. The Bertz CT molecular complexity index is 605. The van der Waals surface area contributed by atoms with Gasteiger partial charge in [0.1, 0.15) is 5.75 Å². The van der Waals surface area contributed by atoms with Crippen LogP contribution < -0.4 is 15.4 Å². The van der Waals surface area contributed by atoms with Crippen LogP contribution in [-0.4, -0.2) is 25.7 Å². The molecule has 2 aromatic carbocycles. The Morgan fingerprint density at radius 1 is 1.00 bits per heavy atom. The Morgan fingerprint density at radius 2 is 1.78 bits per heavy atom. The highest BCUT2D eigenvalue weighted by Gasteiger charge is 2.00. The van der Waals surface area contributed by atoms with Gasteiger partial charge in [-0.25, -0.2) is 4.79 Å². The van der Waals surface area contributed by atoms with Crippen molar-refractivity contribution >= 4 is 22.0 Å². The summed E-state index contributed by atoms with van der Waals surface area (Å²) in [6, 6.07) is 17.6. The highest BCUT2D eigenvalue weighted by atomic mass is 79.9. The monoisotopic (exact) mass is 376 g/mol. The van der Waals surface area contributed by atoms with E-state index in [1.807, 2.05) is 48.5 Å². The fraction of sp³-hybridized carbons (Fsp3) is 0.278. The fourth-order valence-corrected chi connectivity index (χ4v) is 2.50. The fourth-order valence-electron chi connectivity index (χ4n) is 2.06. The first-order valence-electron chi connectivity index (χ1n) is 7.68. The van der Waals surface area contributed by atoms with E-state index in [0.717, 1.165) is 23.1 Å². The van der Waals surface area contributed by atoms with Gasteiger partial charge in [0.15, 0.2) is 0 Å². The van der Waals surface area contributed by atoms with Crippen LogP contribution in [0.4, 0.5) is 4.79 Å². The summed E-state index contributed by atoms with van der Waals surface area (Å²) in [5.74, 6) is 0.853. The predicted octanol–water partition coefficient (Wildman–Crippen LogP) is 3.76. The maximum atomic E-state index is 11.7. The van der Waals surface area contributed by atoms with Gasteiger partial charge >= 0.3 is 6.03 Å². The van der Waals surface area contributed by atoms with E-state index < -0.39 is 0 Å². The summed E-state index contributed by atoms with van der Waals surface area (Å²) in [5, 5.41) is 5.68. The molecule has 23 heavy (non-hydrogen) atoms. The van der Waals surface area contributed by atoms with Crippen molar-refractivity contribution in [1.82, 2.24) is 10.6 Å². The van der Waals surface area contributed by atoms with Crippen molar-refractivity contribution < 1.29 is 9.53 Å². The summed E-state index contributed by atoms with van der Waals surface area (Å²) in [6.07, 6.45) is 1.58. The molecule has 2 aromatic rings. The number of rotatable bonds is 8. The van der Waals surface area contributed by atoms with E-state index in [0.29, 0.717) is 19.7 Å². The topological polar surface area (TPSA) is 50.4 Å². The van der Waals surface area contributed by atoms with E-state index in [2.05, 4.69) is 32.6 Å². The van der Waals surface area contributed by atoms with E-state index in [1.54, 1.807) is 0 Å². The molecule has 0 saturated heterocycles. The minimum absolute atomic E-state index is 0.139. The third kappa shape index (κ3) is 7.19. The number of halogens is 1. The molecule has 0 spiro atoms. The van der Waals surface area contributed by atoms with Gasteiger partial charge in [-0.3, -0.25) is 0 Å². The number of carbonyl (C=O) groups is 1. The first kappa shape index (κ1) is 17.3. The number of hydrogen-bond acceptors (Lipinski definition) is 2. The second-order valence-corrected chi connectivity index (χ2v) is 5.99. The summed E-state index contributed by atoms with van der Waals surface area (Å²) in [5.41, 5.74) is 1.19. The molecule has 0 bridgehead atoms. The van der Waals surface area contributed by atoms with Crippen molar-refractivity contribution in [1.29, 1.82) is 0 Å². The smallest absolute Gasteiger partial charge is 0.314 e. The first-order chi connectivity index (χ1) is 11.2. The number of urea groups is 1. The summed E-state index contributed by atoms with van der Waals surface area (Å²) < 4.78 is 6.62. The van der Waals surface area contributed by atoms with E-state index in [1.165, 1.54) is 5.56 Å². The molecule has 0 aromatic heterocycles. The number of hydrogen-bond donors (Lipinski definition) is 2. The van der Waals surface area contributed by atoms with E-state index in [-0.39, 0.29) is 6.03 Å². The zero-order valence-corrected chi connectivity index (χ0v) is 14.5. The molecule has 0 saturated carbocycles. The third-order valence-corrected chi connectivity index (χ3v) is 3.70. The summed E-state index contributed by atoms with van der Waals surface area (Å²) in [6.45, 7) is 1.79. The molecular weight excluding hydrogens is 356 g/mol. The van der Waals surface area contributed by atoms with Crippen LogP contribution >= 0.6 is 15.9 Å². The second kappa shape index (κ2) is 9.90. The second-order valence-electron chi connectivity index (χ2n) is 5.08. The summed E-state index contributed by atoms with van der Waals surface area (Å²) in [7, 11) is 0. The van der Waals surface area contributed by atoms with Crippen molar-refractivity contribution in [2.45, 2.75) is 12.8 Å². The molecule has 0 heterocycles. The Labute approximate surface area is 145 Å². The molecule has 0 aliphatic rings.